The second kappa shape index (κ2) is 10.7. The molecule has 1 aliphatic rings. The number of aliphatic hydroxyl groups is 2. The highest BCUT2D eigenvalue weighted by molar-refractivity contribution is 5.23. The molecule has 0 saturated carbocycles. The molecule has 0 fully saturated rings. The van der Waals surface area contributed by atoms with Crippen LogP contribution in [0, 0.1) is 5.41 Å². The van der Waals surface area contributed by atoms with E-state index in [1.165, 1.54) is 31.3 Å². The van der Waals surface area contributed by atoms with E-state index in [0.29, 0.717) is 18.3 Å². The fourth-order valence-electron chi connectivity index (χ4n) is 4.36. The summed E-state index contributed by atoms with van der Waals surface area (Å²) in [5.41, 5.74) is 4.42. The van der Waals surface area contributed by atoms with Crippen LogP contribution in [0.2, 0.25) is 0 Å². The summed E-state index contributed by atoms with van der Waals surface area (Å²) < 4.78 is 0. The van der Waals surface area contributed by atoms with Crippen molar-refractivity contribution in [2.75, 3.05) is 0 Å². The fraction of sp³-hybridized carbons (Fsp3) is 0.833. The standard InChI is InChI=1S/C24H44O2/c1-7-10-21(25)15-18-24(6,26)17-8-11-19(2)13-14-22-20(3)12-9-16-23(22,4)5/h11,21,25-26H,7-10,12-18H2,1-6H3/b19-11+. The fourth-order valence-corrected chi connectivity index (χ4v) is 4.36. The molecule has 152 valence electrons. The molecule has 26 heavy (non-hydrogen) atoms. The van der Waals surface area contributed by atoms with E-state index in [2.05, 4.69) is 40.7 Å². The summed E-state index contributed by atoms with van der Waals surface area (Å²) in [5, 5.41) is 20.4. The van der Waals surface area contributed by atoms with Gasteiger partial charge in [0.15, 0.2) is 0 Å². The van der Waals surface area contributed by atoms with Gasteiger partial charge in [-0.3, -0.25) is 0 Å². The molecule has 0 saturated heterocycles. The molecule has 0 aromatic heterocycles. The predicted octanol–water partition coefficient (Wildman–Crippen LogP) is 6.71. The van der Waals surface area contributed by atoms with Crippen LogP contribution < -0.4 is 0 Å². The van der Waals surface area contributed by atoms with Crippen molar-refractivity contribution < 1.29 is 10.2 Å². The predicted molar refractivity (Wildman–Crippen MR) is 113 cm³/mol. The monoisotopic (exact) mass is 364 g/mol. The normalized spacial score (nSPS) is 21.6. The summed E-state index contributed by atoms with van der Waals surface area (Å²) >= 11 is 0. The second-order valence-electron chi connectivity index (χ2n) is 9.56. The van der Waals surface area contributed by atoms with E-state index in [9.17, 15) is 10.2 Å². The van der Waals surface area contributed by atoms with Gasteiger partial charge in [0.2, 0.25) is 0 Å². The third-order valence-electron chi connectivity index (χ3n) is 6.27. The Morgan fingerprint density at radius 2 is 1.96 bits per heavy atom. The van der Waals surface area contributed by atoms with Gasteiger partial charge in [0.1, 0.15) is 0 Å². The summed E-state index contributed by atoms with van der Waals surface area (Å²) in [7, 11) is 0. The largest absolute Gasteiger partial charge is 0.393 e. The molecule has 0 spiro atoms. The van der Waals surface area contributed by atoms with Crippen LogP contribution in [0.3, 0.4) is 0 Å². The average molecular weight is 365 g/mol. The smallest absolute Gasteiger partial charge is 0.0623 e. The van der Waals surface area contributed by atoms with Crippen LogP contribution in [0.5, 0.6) is 0 Å². The van der Waals surface area contributed by atoms with E-state index in [1.54, 1.807) is 11.1 Å². The van der Waals surface area contributed by atoms with Crippen molar-refractivity contribution in [2.24, 2.45) is 5.41 Å². The lowest BCUT2D eigenvalue weighted by Crippen LogP contribution is -2.25. The van der Waals surface area contributed by atoms with Crippen LogP contribution in [-0.2, 0) is 0 Å². The number of hydrogen-bond acceptors (Lipinski definition) is 2. The number of hydrogen-bond donors (Lipinski definition) is 2. The van der Waals surface area contributed by atoms with Crippen molar-refractivity contribution in [3.63, 3.8) is 0 Å². The van der Waals surface area contributed by atoms with Gasteiger partial charge in [-0.25, -0.2) is 0 Å². The molecular formula is C24H44O2. The molecule has 0 heterocycles. The average Bonchev–Trinajstić information content (AvgIpc) is 2.52. The van der Waals surface area contributed by atoms with E-state index in [4.69, 9.17) is 0 Å². The minimum absolute atomic E-state index is 0.265. The van der Waals surface area contributed by atoms with Crippen molar-refractivity contribution in [1.82, 2.24) is 0 Å². The Hall–Kier alpha value is -0.600. The maximum atomic E-state index is 10.5. The van der Waals surface area contributed by atoms with Crippen molar-refractivity contribution in [2.45, 2.75) is 124 Å². The lowest BCUT2D eigenvalue weighted by Gasteiger charge is -2.35. The molecule has 2 N–H and O–H groups in total. The SMILES string of the molecule is CCCC(O)CCC(C)(O)CC/C=C(\C)CCC1=C(C)CCCC1(C)C. The Morgan fingerprint density at radius 3 is 2.58 bits per heavy atom. The Kier molecular flexibility index (Phi) is 9.61. The molecule has 0 aliphatic heterocycles. The molecule has 1 aliphatic carbocycles. The summed E-state index contributed by atoms with van der Waals surface area (Å²) in [4.78, 5) is 0. The van der Waals surface area contributed by atoms with Crippen LogP contribution in [0.25, 0.3) is 0 Å². The van der Waals surface area contributed by atoms with Gasteiger partial charge >= 0.3 is 0 Å². The van der Waals surface area contributed by atoms with E-state index in [1.807, 2.05) is 6.92 Å². The quantitative estimate of drug-likeness (QED) is 0.400. The van der Waals surface area contributed by atoms with Gasteiger partial charge in [-0.15, -0.1) is 0 Å². The number of allylic oxidation sites excluding steroid dienone is 4. The lowest BCUT2D eigenvalue weighted by atomic mass is 9.71. The summed E-state index contributed by atoms with van der Waals surface area (Å²) in [5.74, 6) is 0. The highest BCUT2D eigenvalue weighted by Gasteiger charge is 2.27. The highest BCUT2D eigenvalue weighted by Crippen LogP contribution is 2.42. The topological polar surface area (TPSA) is 40.5 Å². The number of aliphatic hydroxyl groups excluding tert-OH is 1. The molecule has 1 rings (SSSR count). The third kappa shape index (κ3) is 8.39. The number of rotatable bonds is 11. The molecule has 0 amide bonds. The summed E-state index contributed by atoms with van der Waals surface area (Å²) in [6.07, 6.45) is 13.2. The van der Waals surface area contributed by atoms with Crippen LogP contribution in [0.1, 0.15) is 112 Å². The van der Waals surface area contributed by atoms with Crippen molar-refractivity contribution in [1.29, 1.82) is 0 Å². The summed E-state index contributed by atoms with van der Waals surface area (Å²) in [6, 6.07) is 0. The molecule has 2 nitrogen and oxygen atoms in total. The van der Waals surface area contributed by atoms with E-state index in [0.717, 1.165) is 32.1 Å². The first-order chi connectivity index (χ1) is 12.1. The highest BCUT2D eigenvalue weighted by atomic mass is 16.3. The molecule has 0 bridgehead atoms. The van der Waals surface area contributed by atoms with Crippen LogP contribution in [0.15, 0.2) is 22.8 Å². The van der Waals surface area contributed by atoms with E-state index >= 15 is 0 Å². The van der Waals surface area contributed by atoms with Gasteiger partial charge in [0, 0.05) is 0 Å². The van der Waals surface area contributed by atoms with Crippen molar-refractivity contribution in [3.8, 4) is 0 Å². The Bertz CT molecular complexity index is 482. The lowest BCUT2D eigenvalue weighted by molar-refractivity contribution is 0.0241. The third-order valence-corrected chi connectivity index (χ3v) is 6.27. The Morgan fingerprint density at radius 1 is 1.27 bits per heavy atom. The zero-order valence-electron chi connectivity index (χ0n) is 18.3. The van der Waals surface area contributed by atoms with Gasteiger partial charge in [0.25, 0.3) is 0 Å². The minimum atomic E-state index is -0.671. The first-order valence-corrected chi connectivity index (χ1v) is 10.8. The molecule has 0 aromatic rings. The van der Waals surface area contributed by atoms with Gasteiger partial charge in [-0.2, -0.15) is 0 Å². The zero-order chi connectivity index (χ0) is 19.8. The van der Waals surface area contributed by atoms with Gasteiger partial charge in [-0.05, 0) is 90.4 Å². The minimum Gasteiger partial charge on any atom is -0.393 e. The molecular weight excluding hydrogens is 320 g/mol. The Balaban J connectivity index is 2.41. The first-order valence-electron chi connectivity index (χ1n) is 10.8. The Labute approximate surface area is 162 Å². The van der Waals surface area contributed by atoms with Crippen molar-refractivity contribution >= 4 is 0 Å². The molecule has 0 aromatic carbocycles. The second-order valence-corrected chi connectivity index (χ2v) is 9.56. The maximum absolute atomic E-state index is 10.5. The van der Waals surface area contributed by atoms with Crippen LogP contribution >= 0.6 is 0 Å². The molecule has 2 unspecified atom stereocenters. The summed E-state index contributed by atoms with van der Waals surface area (Å²) in [6.45, 7) is 13.3. The molecule has 2 heteroatoms. The maximum Gasteiger partial charge on any atom is 0.0623 e. The van der Waals surface area contributed by atoms with Gasteiger partial charge < -0.3 is 10.2 Å². The van der Waals surface area contributed by atoms with E-state index < -0.39 is 5.60 Å². The van der Waals surface area contributed by atoms with Gasteiger partial charge in [0.05, 0.1) is 11.7 Å². The van der Waals surface area contributed by atoms with E-state index in [-0.39, 0.29) is 6.10 Å². The van der Waals surface area contributed by atoms with Crippen LogP contribution in [0.4, 0.5) is 0 Å². The first kappa shape index (κ1) is 23.4. The molecule has 0 radical (unpaired) electrons. The van der Waals surface area contributed by atoms with Gasteiger partial charge in [-0.1, -0.05) is 50.0 Å². The van der Waals surface area contributed by atoms with Crippen molar-refractivity contribution in [3.05, 3.63) is 22.8 Å². The van der Waals surface area contributed by atoms with Crippen LogP contribution in [-0.4, -0.2) is 21.9 Å². The zero-order valence-corrected chi connectivity index (χ0v) is 18.3. The molecule has 2 atom stereocenters.